The fourth-order valence-electron chi connectivity index (χ4n) is 1.94. The monoisotopic (exact) mass is 402 g/mol. The van der Waals surface area contributed by atoms with Crippen molar-refractivity contribution in [1.29, 1.82) is 0 Å². The number of sulfonamides is 1. The van der Waals surface area contributed by atoms with E-state index in [1.807, 2.05) is 0 Å². The fraction of sp³-hybridized carbons (Fsp3) is 0.188. The molecule has 0 aliphatic carbocycles. The molecular weight excluding hydrogens is 387 g/mol. The summed E-state index contributed by atoms with van der Waals surface area (Å²) in [7, 11) is -2.34. The summed E-state index contributed by atoms with van der Waals surface area (Å²) in [5.41, 5.74) is 0.183. The van der Waals surface area contributed by atoms with Crippen LogP contribution in [0.1, 0.15) is 6.92 Å². The summed E-state index contributed by atoms with van der Waals surface area (Å²) in [5, 5.41) is 2.83. The van der Waals surface area contributed by atoms with E-state index in [1.165, 1.54) is 37.4 Å². The summed E-state index contributed by atoms with van der Waals surface area (Å²) in [4.78, 5) is 11.5. The maximum atomic E-state index is 12.4. The molecule has 0 unspecified atom stereocenters. The maximum Gasteiger partial charge on any atom is 0.261 e. The highest BCUT2D eigenvalue weighted by Crippen LogP contribution is 2.31. The summed E-state index contributed by atoms with van der Waals surface area (Å²) in [6.07, 6.45) is -0.698. The van der Waals surface area contributed by atoms with Crippen LogP contribution in [0.15, 0.2) is 47.4 Å². The molecule has 6 nitrogen and oxygen atoms in total. The number of ether oxygens (including phenoxy) is 1. The predicted octanol–water partition coefficient (Wildman–Crippen LogP) is 3.31. The number of amides is 1. The van der Waals surface area contributed by atoms with E-state index < -0.39 is 16.1 Å². The Morgan fingerprint density at radius 2 is 1.76 bits per heavy atom. The van der Waals surface area contributed by atoms with Crippen molar-refractivity contribution >= 4 is 44.8 Å². The summed E-state index contributed by atoms with van der Waals surface area (Å²) in [5.74, 6) is 0.0878. The summed E-state index contributed by atoms with van der Waals surface area (Å²) < 4.78 is 32.7. The molecule has 9 heteroatoms. The molecule has 0 aliphatic rings. The number of rotatable bonds is 6. The molecule has 0 aromatic heterocycles. The van der Waals surface area contributed by atoms with E-state index >= 15 is 0 Å². The Hall–Kier alpha value is -1.96. The molecule has 1 amide bonds. The molecule has 0 bridgehead atoms. The zero-order valence-electron chi connectivity index (χ0n) is 13.4. The molecular formula is C16H16Cl2N2O4S. The van der Waals surface area contributed by atoms with E-state index in [2.05, 4.69) is 10.0 Å². The van der Waals surface area contributed by atoms with E-state index in [9.17, 15) is 13.2 Å². The van der Waals surface area contributed by atoms with Crippen LogP contribution in [0.2, 0.25) is 10.0 Å². The van der Waals surface area contributed by atoms with Crippen LogP contribution in [-0.4, -0.2) is 27.5 Å². The van der Waals surface area contributed by atoms with Gasteiger partial charge in [-0.15, -0.1) is 0 Å². The van der Waals surface area contributed by atoms with Crippen molar-refractivity contribution in [2.75, 3.05) is 11.8 Å². The topological polar surface area (TPSA) is 84.5 Å². The number of halogens is 2. The third kappa shape index (κ3) is 4.78. The fourth-order valence-corrected chi connectivity index (χ4v) is 3.42. The van der Waals surface area contributed by atoms with E-state index in [-0.39, 0.29) is 26.5 Å². The first-order chi connectivity index (χ1) is 11.7. The standard InChI is InChI=1S/C16H16Cl2N2O4S/c1-10(16(21)19-2)24-11-6-8-12(9-7-11)25(22,23)20-14-5-3-4-13(17)15(14)18/h3-10,20H,1-2H3,(H,19,21)/t10-/m0/s1. The molecule has 25 heavy (non-hydrogen) atoms. The molecule has 2 aromatic rings. The first-order valence-corrected chi connectivity index (χ1v) is 9.43. The molecule has 0 spiro atoms. The number of likely N-dealkylation sites (N-methyl/N-ethyl adjacent to an activating group) is 1. The molecule has 0 heterocycles. The normalized spacial score (nSPS) is 12.3. The number of benzene rings is 2. The second-order valence-electron chi connectivity index (χ2n) is 5.05. The van der Waals surface area contributed by atoms with Crippen molar-refractivity contribution in [2.24, 2.45) is 0 Å². The third-order valence-corrected chi connectivity index (χ3v) is 5.46. The number of hydrogen-bond acceptors (Lipinski definition) is 4. The Labute approximate surface area is 156 Å². The lowest BCUT2D eigenvalue weighted by Gasteiger charge is -2.14. The molecule has 2 rings (SSSR count). The lowest BCUT2D eigenvalue weighted by molar-refractivity contribution is -0.126. The van der Waals surface area contributed by atoms with Crippen LogP contribution in [0.5, 0.6) is 5.75 Å². The van der Waals surface area contributed by atoms with Crippen LogP contribution in [0.4, 0.5) is 5.69 Å². The first-order valence-electron chi connectivity index (χ1n) is 7.19. The van der Waals surface area contributed by atoms with Gasteiger partial charge in [-0.05, 0) is 43.3 Å². The van der Waals surface area contributed by atoms with Gasteiger partial charge in [0.05, 0.1) is 20.6 Å². The Kier molecular flexibility index (Phi) is 6.16. The minimum atomic E-state index is -3.85. The van der Waals surface area contributed by atoms with Gasteiger partial charge in [-0.3, -0.25) is 9.52 Å². The molecule has 0 radical (unpaired) electrons. The van der Waals surface area contributed by atoms with Gasteiger partial charge in [-0.2, -0.15) is 0 Å². The van der Waals surface area contributed by atoms with Gasteiger partial charge >= 0.3 is 0 Å². The summed E-state index contributed by atoms with van der Waals surface area (Å²) >= 11 is 11.9. The van der Waals surface area contributed by atoms with Gasteiger partial charge in [0.25, 0.3) is 15.9 Å². The second-order valence-corrected chi connectivity index (χ2v) is 7.52. The Morgan fingerprint density at radius 1 is 1.12 bits per heavy atom. The number of anilines is 1. The van der Waals surface area contributed by atoms with Crippen LogP contribution in [0, 0.1) is 0 Å². The molecule has 2 N–H and O–H groups in total. The Balaban J connectivity index is 2.17. The molecule has 134 valence electrons. The minimum absolute atomic E-state index is 0.0171. The second kappa shape index (κ2) is 7.95. The molecule has 1 atom stereocenters. The molecule has 0 aliphatic heterocycles. The summed E-state index contributed by atoms with van der Waals surface area (Å²) in [6, 6.07) is 10.3. The minimum Gasteiger partial charge on any atom is -0.481 e. The lowest BCUT2D eigenvalue weighted by atomic mass is 10.3. The molecule has 0 saturated carbocycles. The highest BCUT2D eigenvalue weighted by atomic mass is 35.5. The predicted molar refractivity (Wildman–Crippen MR) is 97.9 cm³/mol. The van der Waals surface area contributed by atoms with Gasteiger partial charge in [0.1, 0.15) is 5.75 Å². The lowest BCUT2D eigenvalue weighted by Crippen LogP contribution is -2.33. The largest absolute Gasteiger partial charge is 0.481 e. The van der Waals surface area contributed by atoms with Crippen LogP contribution in [-0.2, 0) is 14.8 Å². The van der Waals surface area contributed by atoms with Crippen LogP contribution < -0.4 is 14.8 Å². The maximum absolute atomic E-state index is 12.4. The van der Waals surface area contributed by atoms with Gasteiger partial charge in [0.15, 0.2) is 6.10 Å². The van der Waals surface area contributed by atoms with Crippen molar-refractivity contribution in [2.45, 2.75) is 17.9 Å². The quantitative estimate of drug-likeness (QED) is 0.775. The Morgan fingerprint density at radius 3 is 2.36 bits per heavy atom. The van der Waals surface area contributed by atoms with Crippen LogP contribution in [0.25, 0.3) is 0 Å². The van der Waals surface area contributed by atoms with Crippen molar-refractivity contribution in [3.8, 4) is 5.75 Å². The van der Waals surface area contributed by atoms with Gasteiger partial charge in [0, 0.05) is 7.05 Å². The van der Waals surface area contributed by atoms with Gasteiger partial charge in [0.2, 0.25) is 0 Å². The van der Waals surface area contributed by atoms with Gasteiger partial charge in [-0.25, -0.2) is 8.42 Å². The van der Waals surface area contributed by atoms with E-state index in [0.29, 0.717) is 5.75 Å². The van der Waals surface area contributed by atoms with Crippen LogP contribution >= 0.6 is 23.2 Å². The number of carbonyl (C=O) groups is 1. The van der Waals surface area contributed by atoms with Crippen LogP contribution in [0.3, 0.4) is 0 Å². The average molecular weight is 403 g/mol. The SMILES string of the molecule is CNC(=O)[C@H](C)Oc1ccc(S(=O)(=O)Nc2cccc(Cl)c2Cl)cc1. The van der Waals surface area contributed by atoms with E-state index in [1.54, 1.807) is 19.1 Å². The highest BCUT2D eigenvalue weighted by Gasteiger charge is 2.18. The van der Waals surface area contributed by atoms with E-state index in [4.69, 9.17) is 27.9 Å². The molecule has 0 fully saturated rings. The zero-order valence-corrected chi connectivity index (χ0v) is 15.7. The molecule has 2 aromatic carbocycles. The van der Waals surface area contributed by atoms with Crippen molar-refractivity contribution < 1.29 is 17.9 Å². The van der Waals surface area contributed by atoms with Gasteiger partial charge in [-0.1, -0.05) is 29.3 Å². The van der Waals surface area contributed by atoms with Crippen molar-refractivity contribution in [3.63, 3.8) is 0 Å². The van der Waals surface area contributed by atoms with Crippen molar-refractivity contribution in [3.05, 3.63) is 52.5 Å². The highest BCUT2D eigenvalue weighted by molar-refractivity contribution is 7.92. The summed E-state index contributed by atoms with van der Waals surface area (Å²) in [6.45, 7) is 1.59. The molecule has 0 saturated heterocycles. The zero-order chi connectivity index (χ0) is 18.6. The number of nitrogens with one attached hydrogen (secondary N) is 2. The first kappa shape index (κ1) is 19.4. The van der Waals surface area contributed by atoms with Crippen molar-refractivity contribution in [1.82, 2.24) is 5.32 Å². The Bertz CT molecular complexity index is 870. The third-order valence-electron chi connectivity index (χ3n) is 3.26. The number of hydrogen-bond donors (Lipinski definition) is 2. The average Bonchev–Trinajstić information content (AvgIpc) is 2.58. The van der Waals surface area contributed by atoms with Gasteiger partial charge < -0.3 is 10.1 Å². The van der Waals surface area contributed by atoms with E-state index in [0.717, 1.165) is 0 Å². The number of carbonyl (C=O) groups excluding carboxylic acids is 1. The smallest absolute Gasteiger partial charge is 0.261 e.